The summed E-state index contributed by atoms with van der Waals surface area (Å²) in [6.07, 6.45) is 7.50. The number of hydrogen-bond acceptors (Lipinski definition) is 6. The smallest absolute Gasteiger partial charge is 0.262 e. The van der Waals surface area contributed by atoms with Crippen LogP contribution >= 0.6 is 11.6 Å². The van der Waals surface area contributed by atoms with Crippen molar-refractivity contribution in [3.8, 4) is 23.4 Å². The highest BCUT2D eigenvalue weighted by Crippen LogP contribution is 2.26. The third kappa shape index (κ3) is 9.01. The maximum Gasteiger partial charge on any atom is 0.262 e. The molecule has 0 saturated carbocycles. The fourth-order valence-electron chi connectivity index (χ4n) is 4.94. The van der Waals surface area contributed by atoms with Gasteiger partial charge in [-0.25, -0.2) is 9.97 Å². The minimum absolute atomic E-state index is 0.0632. The van der Waals surface area contributed by atoms with Crippen LogP contribution in [0.15, 0.2) is 90.1 Å². The highest BCUT2D eigenvalue weighted by Gasteiger charge is 2.19. The maximum absolute atomic E-state index is 13.1. The fraction of sp³-hybridized carbons (Fsp3) is 0.222. The molecule has 0 bridgehead atoms. The van der Waals surface area contributed by atoms with E-state index in [9.17, 15) is 20.1 Å². The Hall–Kier alpha value is -5.51. The number of nitriles is 2. The number of amides is 2. The van der Waals surface area contributed by atoms with Crippen molar-refractivity contribution >= 4 is 35.6 Å². The summed E-state index contributed by atoms with van der Waals surface area (Å²) in [4.78, 5) is 37.9. The Morgan fingerprint density at radius 2 is 1.46 bits per heavy atom. The summed E-state index contributed by atoms with van der Waals surface area (Å²) in [6.45, 7) is 4.06. The number of carbonyl (C=O) groups is 2. The van der Waals surface area contributed by atoms with Crippen LogP contribution in [0.2, 0.25) is 5.15 Å². The number of benzene rings is 2. The molecular weight excluding hydrogens is 598 g/mol. The predicted octanol–water partition coefficient (Wildman–Crippen LogP) is 7.25. The first-order valence-corrected chi connectivity index (χ1v) is 15.4. The van der Waals surface area contributed by atoms with Crippen LogP contribution in [0.5, 0.6) is 0 Å². The lowest BCUT2D eigenvalue weighted by molar-refractivity contribution is -0.118. The monoisotopic (exact) mass is 631 g/mol. The van der Waals surface area contributed by atoms with Gasteiger partial charge in [-0.1, -0.05) is 92.9 Å². The van der Waals surface area contributed by atoms with Gasteiger partial charge in [0.05, 0.1) is 29.7 Å². The second-order valence-corrected chi connectivity index (χ2v) is 11.0. The molecule has 232 valence electrons. The number of hydrogen-bond donors (Lipinski definition) is 3. The van der Waals surface area contributed by atoms with Crippen molar-refractivity contribution in [1.82, 2.24) is 25.6 Å². The topological polar surface area (TPSA) is 147 Å². The lowest BCUT2D eigenvalue weighted by Crippen LogP contribution is -2.29. The Bertz CT molecular complexity index is 1820. The summed E-state index contributed by atoms with van der Waals surface area (Å²) in [5.74, 6) is -0.631. The minimum atomic E-state index is -0.516. The van der Waals surface area contributed by atoms with E-state index in [2.05, 4.69) is 25.6 Å². The molecule has 2 heterocycles. The summed E-state index contributed by atoms with van der Waals surface area (Å²) in [6, 6.07) is 25.6. The molecule has 3 N–H and O–H groups in total. The van der Waals surface area contributed by atoms with Crippen molar-refractivity contribution in [2.24, 2.45) is 0 Å². The predicted molar refractivity (Wildman–Crippen MR) is 178 cm³/mol. The van der Waals surface area contributed by atoms with Crippen LogP contribution in [0, 0.1) is 22.7 Å². The van der Waals surface area contributed by atoms with Gasteiger partial charge in [0.2, 0.25) is 0 Å². The summed E-state index contributed by atoms with van der Waals surface area (Å²) >= 11 is 5.95. The van der Waals surface area contributed by atoms with Gasteiger partial charge >= 0.3 is 0 Å². The quantitative estimate of drug-likeness (QED) is 0.0804. The molecule has 0 aliphatic heterocycles. The largest absolute Gasteiger partial charge is 0.345 e. The maximum atomic E-state index is 13.1. The first kappa shape index (κ1) is 33.4. The van der Waals surface area contributed by atoms with E-state index in [0.717, 1.165) is 36.0 Å². The van der Waals surface area contributed by atoms with Crippen LogP contribution < -0.4 is 10.6 Å². The van der Waals surface area contributed by atoms with Crippen molar-refractivity contribution in [1.29, 1.82) is 10.5 Å². The number of aromatic nitrogens is 3. The second-order valence-electron chi connectivity index (χ2n) is 10.6. The number of imidazole rings is 1. The first-order valence-electron chi connectivity index (χ1n) is 15.0. The highest BCUT2D eigenvalue weighted by molar-refractivity contribution is 6.29. The molecule has 0 spiro atoms. The average Bonchev–Trinajstić information content (AvgIpc) is 3.55. The number of carbonyl (C=O) groups excluding carboxylic acids is 2. The lowest BCUT2D eigenvalue weighted by Gasteiger charge is -2.19. The Kier molecular flexibility index (Phi) is 12.0. The van der Waals surface area contributed by atoms with Crippen LogP contribution in [0.4, 0.5) is 0 Å². The fourth-order valence-corrected chi connectivity index (χ4v) is 5.12. The number of nitrogens with zero attached hydrogens (tertiary/aromatic N) is 4. The van der Waals surface area contributed by atoms with Crippen molar-refractivity contribution in [3.05, 3.63) is 118 Å². The van der Waals surface area contributed by atoms with Crippen LogP contribution in [0.1, 0.15) is 74.3 Å². The van der Waals surface area contributed by atoms with E-state index in [0.29, 0.717) is 23.6 Å². The number of halogens is 1. The third-order valence-corrected chi connectivity index (χ3v) is 7.41. The Balaban J connectivity index is 1.52. The van der Waals surface area contributed by atoms with Crippen LogP contribution in [-0.2, 0) is 9.59 Å². The molecule has 0 radical (unpaired) electrons. The zero-order valence-electron chi connectivity index (χ0n) is 25.6. The molecule has 2 unspecified atom stereocenters. The Labute approximate surface area is 273 Å². The summed E-state index contributed by atoms with van der Waals surface area (Å²) in [7, 11) is 0. The number of aromatic amines is 1. The van der Waals surface area contributed by atoms with Crippen LogP contribution in [-0.4, -0.2) is 26.8 Å². The molecule has 10 heteroatoms. The zero-order valence-corrected chi connectivity index (χ0v) is 26.4. The molecule has 2 aromatic heterocycles. The molecule has 9 nitrogen and oxygen atoms in total. The number of pyridine rings is 1. The summed E-state index contributed by atoms with van der Waals surface area (Å²) < 4.78 is 0. The molecule has 0 saturated heterocycles. The molecule has 2 aromatic carbocycles. The van der Waals surface area contributed by atoms with Gasteiger partial charge in [-0.15, -0.1) is 0 Å². The average molecular weight is 632 g/mol. The van der Waals surface area contributed by atoms with E-state index in [1.54, 1.807) is 24.4 Å². The molecule has 2 amide bonds. The second kappa shape index (κ2) is 16.5. The minimum Gasteiger partial charge on any atom is -0.345 e. The highest BCUT2D eigenvalue weighted by atomic mass is 35.5. The van der Waals surface area contributed by atoms with E-state index in [1.807, 2.05) is 80.6 Å². The van der Waals surface area contributed by atoms with Gasteiger partial charge in [0.15, 0.2) is 0 Å². The van der Waals surface area contributed by atoms with E-state index in [1.165, 1.54) is 12.2 Å². The van der Waals surface area contributed by atoms with Gasteiger partial charge in [-0.2, -0.15) is 10.5 Å². The molecule has 2 atom stereocenters. The van der Waals surface area contributed by atoms with Crippen molar-refractivity contribution in [2.75, 3.05) is 0 Å². The number of H-pyrrole nitrogens is 1. The first-order chi connectivity index (χ1) is 22.3. The van der Waals surface area contributed by atoms with Gasteiger partial charge < -0.3 is 15.6 Å². The summed E-state index contributed by atoms with van der Waals surface area (Å²) in [5, 5.41) is 25.7. The molecular formula is C36H34ClN7O2. The SMILES string of the molecule is CCCC(NC(=O)C(C#N)=Cc1cccc(Cl)n1)c1cccc(-c2cnc(/C=C(\C#N)C(=O)NC(CCC)c3ccccc3)[nH]2)c1. The number of rotatable bonds is 13. The molecule has 0 aliphatic carbocycles. The van der Waals surface area contributed by atoms with Gasteiger partial charge in [-0.3, -0.25) is 9.59 Å². The van der Waals surface area contributed by atoms with Gasteiger partial charge in [0.1, 0.15) is 34.3 Å². The molecule has 4 aromatic rings. The lowest BCUT2D eigenvalue weighted by atomic mass is 9.98. The van der Waals surface area contributed by atoms with Gasteiger partial charge in [0, 0.05) is 6.08 Å². The Morgan fingerprint density at radius 3 is 2.09 bits per heavy atom. The normalized spacial score (nSPS) is 12.8. The van der Waals surface area contributed by atoms with Crippen LogP contribution in [0.25, 0.3) is 23.4 Å². The van der Waals surface area contributed by atoms with Crippen molar-refractivity contribution in [2.45, 2.75) is 51.6 Å². The van der Waals surface area contributed by atoms with Gasteiger partial charge in [0.25, 0.3) is 11.8 Å². The summed E-state index contributed by atoms with van der Waals surface area (Å²) in [5.41, 5.74) is 3.56. The van der Waals surface area contributed by atoms with Gasteiger partial charge in [-0.05, 0) is 53.8 Å². The van der Waals surface area contributed by atoms with Crippen molar-refractivity contribution in [3.63, 3.8) is 0 Å². The van der Waals surface area contributed by atoms with E-state index in [4.69, 9.17) is 11.6 Å². The molecule has 0 aliphatic rings. The van der Waals surface area contributed by atoms with E-state index < -0.39 is 11.8 Å². The molecule has 46 heavy (non-hydrogen) atoms. The Morgan fingerprint density at radius 1 is 0.848 bits per heavy atom. The van der Waals surface area contributed by atoms with Crippen LogP contribution in [0.3, 0.4) is 0 Å². The zero-order chi connectivity index (χ0) is 32.9. The standard InChI is InChI=1S/C36H34ClN7O2/c1-3-10-30(24-12-6-5-7-13-24)43-36(46)28(22-39)20-34-40-23-32(42-34)26-15-8-14-25(18-26)31(11-4-2)44-35(45)27(21-38)19-29-16-9-17-33(37)41-29/h5-9,12-20,23,30-31H,3-4,10-11H2,1-2H3,(H,40,42)(H,43,46)(H,44,45)/b27-19?,28-20+. The number of nitrogens with one attached hydrogen (secondary N) is 3. The van der Waals surface area contributed by atoms with E-state index in [-0.39, 0.29) is 28.4 Å². The molecule has 4 rings (SSSR count). The third-order valence-electron chi connectivity index (χ3n) is 7.20. The van der Waals surface area contributed by atoms with E-state index >= 15 is 0 Å². The molecule has 0 fully saturated rings. The van der Waals surface area contributed by atoms with Crippen molar-refractivity contribution < 1.29 is 9.59 Å².